The van der Waals surface area contributed by atoms with Crippen LogP contribution in [0.3, 0.4) is 0 Å². The number of carboxylic acid groups (broad SMARTS) is 1. The Bertz CT molecular complexity index is 1160. The number of rotatable bonds is 3. The second-order valence-electron chi connectivity index (χ2n) is 6.01. The molecule has 0 spiro atoms. The van der Waals surface area contributed by atoms with Gasteiger partial charge in [0.05, 0.1) is 18.2 Å². The summed E-state index contributed by atoms with van der Waals surface area (Å²) >= 11 is 0. The molecule has 0 aliphatic heterocycles. The Hall–Kier alpha value is -3.35. The number of carboxylic acids is 1. The minimum Gasteiger partial charge on any atom is -0.475 e. The van der Waals surface area contributed by atoms with Crippen LogP contribution in [0.2, 0.25) is 0 Å². The number of aryl methyl sites for hydroxylation is 1. The smallest absolute Gasteiger partial charge is 0.372 e. The second-order valence-corrected chi connectivity index (χ2v) is 6.01. The van der Waals surface area contributed by atoms with E-state index in [1.807, 2.05) is 48.5 Å². The molecule has 0 fully saturated rings. The molecule has 0 aliphatic rings. The Morgan fingerprint density at radius 1 is 1.13 bits per heavy atom. The number of fused-ring (bicyclic) bond motifs is 1. The van der Waals surface area contributed by atoms with Gasteiger partial charge in [-0.2, -0.15) is 0 Å². The molecule has 0 bridgehead atoms. The first kappa shape index (κ1) is 22.9. The maximum atomic E-state index is 12.0. The quantitative estimate of drug-likeness (QED) is 0.294. The number of carbonyl (C=O) groups excluding carboxylic acids is 1. The van der Waals surface area contributed by atoms with Crippen molar-refractivity contribution in [3.8, 4) is 11.3 Å². The van der Waals surface area contributed by atoms with Crippen LogP contribution < -0.4 is 0 Å². The standard InChI is InChI=1S/C17H12NO2.C5H6N2O2.Ir/c1-20-17(19)14-11-16(12-7-3-2-4-8-12)18-15-10-6-5-9-13(14)15;1-7-3-2-6-4(7)5(8)9;/h2-7,9-11H,1H3;2-3H,1H3,(H,8,9);/q-1;;. The van der Waals surface area contributed by atoms with Crippen LogP contribution >= 0.6 is 0 Å². The summed E-state index contributed by atoms with van der Waals surface area (Å²) in [5.74, 6) is -1.29. The van der Waals surface area contributed by atoms with E-state index in [0.717, 1.165) is 16.5 Å². The number of carbonyl (C=O) groups is 2. The third-order valence-electron chi connectivity index (χ3n) is 4.12. The molecule has 1 radical (unpaired) electrons. The van der Waals surface area contributed by atoms with E-state index in [1.165, 1.54) is 17.9 Å². The number of aromatic carboxylic acids is 1. The minimum absolute atomic E-state index is 0. The van der Waals surface area contributed by atoms with Gasteiger partial charge in [0, 0.05) is 44.9 Å². The van der Waals surface area contributed by atoms with Gasteiger partial charge in [-0.15, -0.1) is 35.9 Å². The average molecular weight is 581 g/mol. The van der Waals surface area contributed by atoms with E-state index in [1.54, 1.807) is 19.3 Å². The predicted molar refractivity (Wildman–Crippen MR) is 108 cm³/mol. The molecule has 8 heteroatoms. The van der Waals surface area contributed by atoms with Gasteiger partial charge in [0.25, 0.3) is 0 Å². The fourth-order valence-corrected chi connectivity index (χ4v) is 2.72. The summed E-state index contributed by atoms with van der Waals surface area (Å²) in [6.07, 6.45) is 3.03. The molecule has 0 atom stereocenters. The van der Waals surface area contributed by atoms with Gasteiger partial charge in [0.2, 0.25) is 5.82 Å². The topological polar surface area (TPSA) is 94.3 Å². The van der Waals surface area contributed by atoms with Gasteiger partial charge in [0.15, 0.2) is 0 Å². The first-order chi connectivity index (χ1) is 14.0. The molecular formula is C22H18IrN3O4-. The first-order valence-electron chi connectivity index (χ1n) is 8.67. The summed E-state index contributed by atoms with van der Waals surface area (Å²) in [7, 11) is 3.02. The number of hydrogen-bond acceptors (Lipinski definition) is 5. The normalized spacial score (nSPS) is 9.80. The molecule has 30 heavy (non-hydrogen) atoms. The van der Waals surface area contributed by atoms with Gasteiger partial charge in [-0.1, -0.05) is 24.3 Å². The zero-order chi connectivity index (χ0) is 20.8. The molecule has 0 aliphatic carbocycles. The Labute approximate surface area is 186 Å². The number of aromatic nitrogens is 3. The van der Waals surface area contributed by atoms with Gasteiger partial charge in [0.1, 0.15) is 0 Å². The van der Waals surface area contributed by atoms with Crippen LogP contribution in [0.15, 0.2) is 67.0 Å². The molecular weight excluding hydrogens is 562 g/mol. The summed E-state index contributed by atoms with van der Waals surface area (Å²) in [5.41, 5.74) is 2.85. The molecule has 0 unspecified atom stereocenters. The van der Waals surface area contributed by atoms with Crippen LogP contribution in [-0.4, -0.2) is 38.7 Å². The van der Waals surface area contributed by atoms with Crippen molar-refractivity contribution in [3.63, 3.8) is 0 Å². The van der Waals surface area contributed by atoms with Crippen LogP contribution in [0.1, 0.15) is 21.0 Å². The van der Waals surface area contributed by atoms with E-state index in [4.69, 9.17) is 9.84 Å². The summed E-state index contributed by atoms with van der Waals surface area (Å²) in [5, 5.41) is 9.16. The number of ether oxygens (including phenoxy) is 1. The molecule has 2 aromatic carbocycles. The molecule has 4 rings (SSSR count). The van der Waals surface area contributed by atoms with E-state index in [0.29, 0.717) is 11.3 Å². The molecule has 155 valence electrons. The molecule has 4 aromatic rings. The minimum atomic E-state index is -0.998. The molecule has 0 saturated heterocycles. The first-order valence-corrected chi connectivity index (χ1v) is 8.67. The number of nitrogens with zero attached hydrogens (tertiary/aromatic N) is 3. The van der Waals surface area contributed by atoms with Crippen molar-refractivity contribution in [2.75, 3.05) is 7.11 Å². The monoisotopic (exact) mass is 581 g/mol. The maximum Gasteiger partial charge on any atom is 0.372 e. The SMILES string of the molecule is COC(=O)c1cc(-c2[c-]cccc2)nc2ccccc12.Cn1ccnc1C(=O)O.[Ir]. The van der Waals surface area contributed by atoms with E-state index in [-0.39, 0.29) is 31.9 Å². The maximum absolute atomic E-state index is 12.0. The second kappa shape index (κ2) is 10.4. The van der Waals surface area contributed by atoms with Gasteiger partial charge >= 0.3 is 11.9 Å². The summed E-state index contributed by atoms with van der Waals surface area (Å²) in [4.78, 5) is 30.3. The zero-order valence-electron chi connectivity index (χ0n) is 16.2. The number of hydrogen-bond donors (Lipinski definition) is 1. The third kappa shape index (κ3) is 5.17. The zero-order valence-corrected chi connectivity index (χ0v) is 18.6. The van der Waals surface area contributed by atoms with E-state index in [9.17, 15) is 9.59 Å². The predicted octanol–water partition coefficient (Wildman–Crippen LogP) is 3.60. The number of methoxy groups -OCH3 is 1. The van der Waals surface area contributed by atoms with Crippen LogP contribution in [-0.2, 0) is 31.9 Å². The Morgan fingerprint density at radius 2 is 1.87 bits per heavy atom. The van der Waals surface area contributed by atoms with E-state index >= 15 is 0 Å². The van der Waals surface area contributed by atoms with Gasteiger partial charge in [-0.05, 0) is 11.8 Å². The van der Waals surface area contributed by atoms with E-state index < -0.39 is 5.97 Å². The largest absolute Gasteiger partial charge is 0.475 e. The van der Waals surface area contributed by atoms with Gasteiger partial charge in [-0.25, -0.2) is 14.6 Å². The molecule has 0 saturated carbocycles. The molecule has 2 heterocycles. The molecule has 2 aromatic heterocycles. The van der Waals surface area contributed by atoms with Crippen molar-refractivity contribution >= 4 is 22.8 Å². The van der Waals surface area contributed by atoms with Crippen LogP contribution in [0, 0.1) is 6.07 Å². The molecule has 7 nitrogen and oxygen atoms in total. The van der Waals surface area contributed by atoms with Crippen LogP contribution in [0.5, 0.6) is 0 Å². The number of benzene rings is 2. The molecule has 0 amide bonds. The van der Waals surface area contributed by atoms with Crippen molar-refractivity contribution in [3.05, 3.63) is 84.4 Å². The Morgan fingerprint density at radius 3 is 2.43 bits per heavy atom. The number of pyridine rings is 1. The molecule has 1 N–H and O–H groups in total. The van der Waals surface area contributed by atoms with Crippen molar-refractivity contribution in [2.45, 2.75) is 0 Å². The van der Waals surface area contributed by atoms with Crippen LogP contribution in [0.25, 0.3) is 22.2 Å². The van der Waals surface area contributed by atoms with Crippen molar-refractivity contribution in [2.24, 2.45) is 7.05 Å². The Kier molecular flexibility index (Phi) is 7.98. The van der Waals surface area contributed by atoms with Crippen molar-refractivity contribution in [1.29, 1.82) is 0 Å². The van der Waals surface area contributed by atoms with Crippen LogP contribution in [0.4, 0.5) is 0 Å². The fourth-order valence-electron chi connectivity index (χ4n) is 2.72. The number of esters is 1. The number of imidazole rings is 1. The van der Waals surface area contributed by atoms with E-state index in [2.05, 4.69) is 16.0 Å². The number of para-hydroxylation sites is 1. The summed E-state index contributed by atoms with van der Waals surface area (Å²) in [6.45, 7) is 0. The average Bonchev–Trinajstić information content (AvgIpc) is 3.19. The van der Waals surface area contributed by atoms with Gasteiger partial charge < -0.3 is 14.4 Å². The summed E-state index contributed by atoms with van der Waals surface area (Å²) < 4.78 is 6.31. The van der Waals surface area contributed by atoms with Crippen molar-refractivity contribution in [1.82, 2.24) is 14.5 Å². The summed E-state index contributed by atoms with van der Waals surface area (Å²) in [6, 6.07) is 19.9. The van der Waals surface area contributed by atoms with Crippen molar-refractivity contribution < 1.29 is 39.5 Å². The van der Waals surface area contributed by atoms with Gasteiger partial charge in [-0.3, -0.25) is 4.98 Å². The Balaban J connectivity index is 0.000000272. The third-order valence-corrected chi connectivity index (χ3v) is 4.12. The fraction of sp³-hybridized carbons (Fsp3) is 0.0909.